The Morgan fingerprint density at radius 2 is 1.95 bits per heavy atom. The highest BCUT2D eigenvalue weighted by molar-refractivity contribution is 9.10. The van der Waals surface area contributed by atoms with Crippen molar-refractivity contribution >= 4 is 27.9 Å². The minimum Gasteiger partial charge on any atom is -0.323 e. The first-order valence-electron chi connectivity index (χ1n) is 7.93. The van der Waals surface area contributed by atoms with Crippen LogP contribution < -0.4 is 5.32 Å². The molecule has 22 heavy (non-hydrogen) atoms. The second kappa shape index (κ2) is 6.03. The summed E-state index contributed by atoms with van der Waals surface area (Å²) in [4.78, 5) is 26.5. The monoisotopic (exact) mass is 364 g/mol. The molecule has 0 bridgehead atoms. The molecule has 1 aliphatic carbocycles. The Hall–Kier alpha value is -1.36. The molecular formula is C17H21BrN2O2. The third-order valence-corrected chi connectivity index (χ3v) is 5.84. The van der Waals surface area contributed by atoms with Crippen LogP contribution in [0.2, 0.25) is 0 Å². The summed E-state index contributed by atoms with van der Waals surface area (Å²) in [5, 5.41) is 2.98. The average molecular weight is 365 g/mol. The number of carbonyl (C=O) groups excluding carboxylic acids is 2. The first kappa shape index (κ1) is 15.5. The zero-order chi connectivity index (χ0) is 15.7. The number of benzene rings is 1. The first-order chi connectivity index (χ1) is 10.6. The minimum atomic E-state index is -0.649. The van der Waals surface area contributed by atoms with Crippen molar-refractivity contribution in [1.82, 2.24) is 10.2 Å². The summed E-state index contributed by atoms with van der Waals surface area (Å²) in [6.45, 7) is 2.52. The summed E-state index contributed by atoms with van der Waals surface area (Å²) >= 11 is 3.48. The maximum absolute atomic E-state index is 12.8. The van der Waals surface area contributed by atoms with Crippen molar-refractivity contribution in [1.29, 1.82) is 0 Å². The van der Waals surface area contributed by atoms with Crippen molar-refractivity contribution in [3.05, 3.63) is 34.3 Å². The summed E-state index contributed by atoms with van der Waals surface area (Å²) in [6, 6.07) is 7.45. The van der Waals surface area contributed by atoms with Gasteiger partial charge in [0.1, 0.15) is 5.54 Å². The van der Waals surface area contributed by atoms with E-state index in [9.17, 15) is 9.59 Å². The van der Waals surface area contributed by atoms with E-state index < -0.39 is 5.54 Å². The Bertz CT molecular complexity index is 594. The molecule has 1 N–H and O–H groups in total. The highest BCUT2D eigenvalue weighted by Gasteiger charge is 2.52. The number of hydrogen-bond donors (Lipinski definition) is 1. The van der Waals surface area contributed by atoms with Gasteiger partial charge in [0.05, 0.1) is 6.54 Å². The van der Waals surface area contributed by atoms with Crippen LogP contribution in [0.1, 0.15) is 44.6 Å². The fourth-order valence-corrected chi connectivity index (χ4v) is 3.94. The van der Waals surface area contributed by atoms with Crippen LogP contribution in [0.3, 0.4) is 0 Å². The zero-order valence-corrected chi connectivity index (χ0v) is 14.4. The summed E-state index contributed by atoms with van der Waals surface area (Å²) in [6.07, 6.45) is 4.72. The van der Waals surface area contributed by atoms with E-state index in [1.807, 2.05) is 24.3 Å². The lowest BCUT2D eigenvalue weighted by Crippen LogP contribution is -2.49. The maximum Gasteiger partial charge on any atom is 0.325 e. The van der Waals surface area contributed by atoms with E-state index in [2.05, 4.69) is 28.2 Å². The van der Waals surface area contributed by atoms with Crippen LogP contribution in [-0.4, -0.2) is 22.4 Å². The van der Waals surface area contributed by atoms with Crippen LogP contribution in [0.5, 0.6) is 0 Å². The van der Waals surface area contributed by atoms with Gasteiger partial charge in [0.15, 0.2) is 0 Å². The van der Waals surface area contributed by atoms with Crippen molar-refractivity contribution in [2.24, 2.45) is 5.92 Å². The number of hydrogen-bond acceptors (Lipinski definition) is 2. The molecule has 2 aliphatic rings. The lowest BCUT2D eigenvalue weighted by molar-refractivity contribution is -0.133. The average Bonchev–Trinajstić information content (AvgIpc) is 2.75. The normalized spacial score (nSPS) is 28.3. The van der Waals surface area contributed by atoms with E-state index in [0.717, 1.165) is 42.1 Å². The van der Waals surface area contributed by atoms with Crippen molar-refractivity contribution in [3.63, 3.8) is 0 Å². The molecular weight excluding hydrogens is 344 g/mol. The van der Waals surface area contributed by atoms with Gasteiger partial charge in [0, 0.05) is 4.47 Å². The van der Waals surface area contributed by atoms with Gasteiger partial charge in [-0.05, 0) is 43.2 Å². The Morgan fingerprint density at radius 1 is 1.27 bits per heavy atom. The molecule has 1 aromatic rings. The predicted octanol–water partition coefficient (Wildman–Crippen LogP) is 3.84. The fraction of sp³-hybridized carbons (Fsp3) is 0.529. The Morgan fingerprint density at radius 3 is 2.59 bits per heavy atom. The number of amides is 3. The number of imide groups is 1. The molecule has 1 saturated heterocycles. The number of urea groups is 1. The van der Waals surface area contributed by atoms with E-state index in [0.29, 0.717) is 12.5 Å². The SMILES string of the molecule is CCC1CCC2(CC1)NC(=O)N(Cc1ccccc1Br)C2=O. The topological polar surface area (TPSA) is 49.4 Å². The molecule has 0 aromatic heterocycles. The second-order valence-electron chi connectivity index (χ2n) is 6.35. The van der Waals surface area contributed by atoms with Gasteiger partial charge >= 0.3 is 6.03 Å². The molecule has 3 amide bonds. The van der Waals surface area contributed by atoms with E-state index >= 15 is 0 Å². The molecule has 1 aromatic carbocycles. The number of nitrogens with zero attached hydrogens (tertiary/aromatic N) is 1. The van der Waals surface area contributed by atoms with Gasteiger partial charge < -0.3 is 5.32 Å². The van der Waals surface area contributed by atoms with Crippen LogP contribution in [-0.2, 0) is 11.3 Å². The molecule has 4 nitrogen and oxygen atoms in total. The van der Waals surface area contributed by atoms with Gasteiger partial charge in [0.25, 0.3) is 5.91 Å². The smallest absolute Gasteiger partial charge is 0.323 e. The number of rotatable bonds is 3. The highest BCUT2D eigenvalue weighted by atomic mass is 79.9. The third-order valence-electron chi connectivity index (χ3n) is 5.07. The van der Waals surface area contributed by atoms with Crippen molar-refractivity contribution < 1.29 is 9.59 Å². The molecule has 5 heteroatoms. The van der Waals surface area contributed by atoms with Crippen LogP contribution in [0, 0.1) is 5.92 Å². The van der Waals surface area contributed by atoms with E-state index in [1.54, 1.807) is 0 Å². The number of carbonyl (C=O) groups is 2. The summed E-state index contributed by atoms with van der Waals surface area (Å²) < 4.78 is 0.922. The van der Waals surface area contributed by atoms with Crippen molar-refractivity contribution in [2.75, 3.05) is 0 Å². The Kier molecular flexibility index (Phi) is 4.26. The predicted molar refractivity (Wildman–Crippen MR) is 88.2 cm³/mol. The quantitative estimate of drug-likeness (QED) is 0.828. The van der Waals surface area contributed by atoms with E-state index in [4.69, 9.17) is 0 Å². The summed E-state index contributed by atoms with van der Waals surface area (Å²) in [5.74, 6) is 0.635. The molecule has 0 radical (unpaired) electrons. The molecule has 0 unspecified atom stereocenters. The molecule has 1 spiro atoms. The number of halogens is 1. The minimum absolute atomic E-state index is 0.0530. The highest BCUT2D eigenvalue weighted by Crippen LogP contribution is 2.38. The van der Waals surface area contributed by atoms with Crippen LogP contribution in [0.25, 0.3) is 0 Å². The first-order valence-corrected chi connectivity index (χ1v) is 8.72. The van der Waals surface area contributed by atoms with Gasteiger partial charge in [-0.2, -0.15) is 0 Å². The largest absolute Gasteiger partial charge is 0.325 e. The van der Waals surface area contributed by atoms with Crippen LogP contribution in [0.4, 0.5) is 4.79 Å². The van der Waals surface area contributed by atoms with Crippen LogP contribution >= 0.6 is 15.9 Å². The van der Waals surface area contributed by atoms with Gasteiger partial charge in [-0.3, -0.25) is 9.69 Å². The molecule has 1 heterocycles. The van der Waals surface area contributed by atoms with Gasteiger partial charge in [-0.25, -0.2) is 4.79 Å². The lowest BCUT2D eigenvalue weighted by atomic mass is 9.75. The Labute approximate surface area is 139 Å². The van der Waals surface area contributed by atoms with Crippen molar-refractivity contribution in [3.8, 4) is 0 Å². The second-order valence-corrected chi connectivity index (χ2v) is 7.20. The van der Waals surface area contributed by atoms with E-state index in [-0.39, 0.29) is 11.9 Å². The van der Waals surface area contributed by atoms with E-state index in [1.165, 1.54) is 4.90 Å². The molecule has 1 saturated carbocycles. The Balaban J connectivity index is 1.76. The van der Waals surface area contributed by atoms with Gasteiger partial charge in [-0.15, -0.1) is 0 Å². The fourth-order valence-electron chi connectivity index (χ4n) is 3.53. The van der Waals surface area contributed by atoms with Gasteiger partial charge in [0.2, 0.25) is 0 Å². The molecule has 1 aliphatic heterocycles. The molecule has 2 fully saturated rings. The number of nitrogens with one attached hydrogen (secondary N) is 1. The van der Waals surface area contributed by atoms with Crippen LogP contribution in [0.15, 0.2) is 28.7 Å². The third kappa shape index (κ3) is 2.67. The maximum atomic E-state index is 12.8. The standard InChI is InChI=1S/C17H21BrN2O2/c1-2-12-7-9-17(10-8-12)15(21)20(16(22)19-17)11-13-5-3-4-6-14(13)18/h3-6,12H,2,7-11H2,1H3,(H,19,22). The molecule has 3 rings (SSSR count). The molecule has 0 atom stereocenters. The summed E-state index contributed by atoms with van der Waals surface area (Å²) in [5.41, 5.74) is 0.301. The lowest BCUT2D eigenvalue weighted by Gasteiger charge is -2.34. The zero-order valence-electron chi connectivity index (χ0n) is 12.8. The summed E-state index contributed by atoms with van der Waals surface area (Å²) in [7, 11) is 0. The van der Waals surface area contributed by atoms with Crippen molar-refractivity contribution in [2.45, 2.75) is 51.1 Å². The van der Waals surface area contributed by atoms with Gasteiger partial charge in [-0.1, -0.05) is 47.5 Å². The molecule has 118 valence electrons.